The first-order chi connectivity index (χ1) is 16.7. The first-order valence-electron chi connectivity index (χ1n) is 11.7. The Kier molecular flexibility index (Phi) is 7.32. The Morgan fingerprint density at radius 3 is 2.14 bits per heavy atom. The molecule has 1 unspecified atom stereocenters. The Morgan fingerprint density at radius 2 is 1.57 bits per heavy atom. The summed E-state index contributed by atoms with van der Waals surface area (Å²) in [5, 5.41) is 2.62. The Bertz CT molecular complexity index is 1210. The third-order valence-electron chi connectivity index (χ3n) is 6.45. The average molecular weight is 502 g/mol. The molecule has 0 spiro atoms. The minimum absolute atomic E-state index is 0.110. The van der Waals surface area contributed by atoms with E-state index in [2.05, 4.69) is 5.32 Å². The van der Waals surface area contributed by atoms with Gasteiger partial charge in [-0.15, -0.1) is 0 Å². The summed E-state index contributed by atoms with van der Waals surface area (Å²) in [6, 6.07) is 9.12. The summed E-state index contributed by atoms with van der Waals surface area (Å²) in [4.78, 5) is 38.7. The first-order valence-corrected chi connectivity index (χ1v) is 13.2. The molecule has 2 fully saturated rings. The Hall–Kier alpha value is -3.11. The van der Waals surface area contributed by atoms with E-state index in [0.29, 0.717) is 24.2 Å². The third-order valence-corrected chi connectivity index (χ3v) is 8.43. The van der Waals surface area contributed by atoms with Crippen LogP contribution in [0.4, 0.5) is 15.8 Å². The van der Waals surface area contributed by atoms with Crippen molar-refractivity contribution in [3.63, 3.8) is 0 Å². The van der Waals surface area contributed by atoms with Crippen molar-refractivity contribution in [2.75, 3.05) is 10.2 Å². The zero-order chi connectivity index (χ0) is 25.2. The highest BCUT2D eigenvalue weighted by Gasteiger charge is 2.49. The highest BCUT2D eigenvalue weighted by atomic mass is 32.2. The molecular formula is C25H28FN3O5S. The Balaban J connectivity index is 1.69. The molecule has 1 saturated carbocycles. The van der Waals surface area contributed by atoms with Gasteiger partial charge in [0.1, 0.15) is 11.9 Å². The molecule has 3 amide bonds. The first kappa shape index (κ1) is 25.0. The summed E-state index contributed by atoms with van der Waals surface area (Å²) < 4.78 is 42.2. The molecule has 0 aromatic heterocycles. The summed E-state index contributed by atoms with van der Waals surface area (Å²) >= 11 is 0. The molecule has 35 heavy (non-hydrogen) atoms. The Labute approximate surface area is 204 Å². The molecule has 1 atom stereocenters. The van der Waals surface area contributed by atoms with Crippen molar-refractivity contribution < 1.29 is 27.2 Å². The molecule has 1 heterocycles. The standard InChI is InChI=1S/C25H28FN3O5S/c1-17(30)27-19-10-12-20(13-11-19)28-24(31)16-23(25(28)32)29(21-6-4-2-3-5-7-21)35(33,34)22-14-8-18(26)9-15-22/h8-15,21,23H,2-7,16H2,1H3,(H,27,30). The molecule has 186 valence electrons. The monoisotopic (exact) mass is 501 g/mol. The van der Waals surface area contributed by atoms with Gasteiger partial charge in [0.25, 0.3) is 5.91 Å². The number of nitrogens with one attached hydrogen (secondary N) is 1. The summed E-state index contributed by atoms with van der Waals surface area (Å²) in [7, 11) is -4.18. The van der Waals surface area contributed by atoms with Crippen molar-refractivity contribution >= 4 is 39.1 Å². The van der Waals surface area contributed by atoms with Crippen molar-refractivity contribution in [3.8, 4) is 0 Å². The average Bonchev–Trinajstić information content (AvgIpc) is 2.97. The number of anilines is 2. The molecule has 2 aromatic rings. The normalized spacial score (nSPS) is 19.7. The summed E-state index contributed by atoms with van der Waals surface area (Å²) in [5.74, 6) is -1.93. The highest BCUT2D eigenvalue weighted by molar-refractivity contribution is 7.89. The number of hydrogen-bond acceptors (Lipinski definition) is 5. The quantitative estimate of drug-likeness (QED) is 0.479. The van der Waals surface area contributed by atoms with Crippen molar-refractivity contribution in [3.05, 3.63) is 54.3 Å². The van der Waals surface area contributed by atoms with E-state index in [9.17, 15) is 27.2 Å². The van der Waals surface area contributed by atoms with Crippen LogP contribution in [0.5, 0.6) is 0 Å². The Morgan fingerprint density at radius 1 is 0.971 bits per heavy atom. The molecular weight excluding hydrogens is 473 g/mol. The molecule has 1 N–H and O–H groups in total. The summed E-state index contributed by atoms with van der Waals surface area (Å²) in [6.07, 6.45) is 4.50. The number of benzene rings is 2. The smallest absolute Gasteiger partial charge is 0.252 e. The van der Waals surface area contributed by atoms with Crippen LogP contribution in [0, 0.1) is 5.82 Å². The van der Waals surface area contributed by atoms with Crippen LogP contribution in [0.1, 0.15) is 51.9 Å². The second-order valence-corrected chi connectivity index (χ2v) is 10.8. The maximum absolute atomic E-state index is 13.8. The minimum atomic E-state index is -4.18. The lowest BCUT2D eigenvalue weighted by Crippen LogP contribution is -2.50. The molecule has 0 radical (unpaired) electrons. The van der Waals surface area contributed by atoms with Gasteiger partial charge in [-0.05, 0) is 61.4 Å². The summed E-state index contributed by atoms with van der Waals surface area (Å²) in [6.45, 7) is 1.37. The van der Waals surface area contributed by atoms with Gasteiger partial charge in [-0.1, -0.05) is 25.7 Å². The van der Waals surface area contributed by atoms with Crippen molar-refractivity contribution in [2.24, 2.45) is 0 Å². The van der Waals surface area contributed by atoms with E-state index in [1.165, 1.54) is 35.5 Å². The van der Waals surface area contributed by atoms with Crippen molar-refractivity contribution in [1.29, 1.82) is 0 Å². The van der Waals surface area contributed by atoms with Crippen LogP contribution >= 0.6 is 0 Å². The molecule has 1 saturated heterocycles. The van der Waals surface area contributed by atoms with Crippen LogP contribution in [0.25, 0.3) is 0 Å². The number of imide groups is 1. The van der Waals surface area contributed by atoms with Gasteiger partial charge in [0.15, 0.2) is 0 Å². The zero-order valence-corrected chi connectivity index (χ0v) is 20.3. The van der Waals surface area contributed by atoms with Gasteiger partial charge in [-0.25, -0.2) is 17.7 Å². The SMILES string of the molecule is CC(=O)Nc1ccc(N2C(=O)CC(N(C3CCCCCC3)S(=O)(=O)c3ccc(F)cc3)C2=O)cc1. The lowest BCUT2D eigenvalue weighted by atomic mass is 10.1. The molecule has 2 aliphatic rings. The number of rotatable bonds is 6. The summed E-state index contributed by atoms with van der Waals surface area (Å²) in [5.41, 5.74) is 0.812. The minimum Gasteiger partial charge on any atom is -0.326 e. The van der Waals surface area contributed by atoms with Crippen molar-refractivity contribution in [1.82, 2.24) is 4.31 Å². The fraction of sp³-hybridized carbons (Fsp3) is 0.400. The number of sulfonamides is 1. The van der Waals surface area contributed by atoms with E-state index < -0.39 is 39.7 Å². The third kappa shape index (κ3) is 5.28. The largest absolute Gasteiger partial charge is 0.326 e. The van der Waals surface area contributed by atoms with E-state index >= 15 is 0 Å². The van der Waals surface area contributed by atoms with Gasteiger partial charge >= 0.3 is 0 Å². The number of amides is 3. The second kappa shape index (κ2) is 10.2. The fourth-order valence-corrected chi connectivity index (χ4v) is 6.67. The maximum atomic E-state index is 13.8. The predicted molar refractivity (Wildman–Crippen MR) is 129 cm³/mol. The molecule has 1 aliphatic heterocycles. The van der Waals surface area contributed by atoms with E-state index in [-0.39, 0.29) is 17.2 Å². The molecule has 2 aromatic carbocycles. The zero-order valence-electron chi connectivity index (χ0n) is 19.4. The lowest BCUT2D eigenvalue weighted by molar-refractivity contribution is -0.122. The fourth-order valence-electron chi connectivity index (χ4n) is 4.84. The second-order valence-electron chi connectivity index (χ2n) is 8.95. The highest BCUT2D eigenvalue weighted by Crippen LogP contribution is 2.35. The number of nitrogens with zero attached hydrogens (tertiary/aromatic N) is 2. The van der Waals surface area contributed by atoms with Gasteiger partial charge in [-0.3, -0.25) is 14.4 Å². The topological polar surface area (TPSA) is 104 Å². The van der Waals surface area contributed by atoms with Crippen LogP contribution in [0.15, 0.2) is 53.4 Å². The van der Waals surface area contributed by atoms with Gasteiger partial charge in [-0.2, -0.15) is 4.31 Å². The number of hydrogen-bond donors (Lipinski definition) is 1. The van der Waals surface area contributed by atoms with E-state index in [4.69, 9.17) is 0 Å². The van der Waals surface area contributed by atoms with E-state index in [1.807, 2.05) is 0 Å². The van der Waals surface area contributed by atoms with Gasteiger partial charge in [0, 0.05) is 18.7 Å². The molecule has 1 aliphatic carbocycles. The van der Waals surface area contributed by atoms with Crippen molar-refractivity contribution in [2.45, 2.75) is 68.8 Å². The molecule has 10 heteroatoms. The van der Waals surface area contributed by atoms with Gasteiger partial charge in [0.05, 0.1) is 17.0 Å². The van der Waals surface area contributed by atoms with Crippen LogP contribution < -0.4 is 10.2 Å². The maximum Gasteiger partial charge on any atom is 0.252 e. The molecule has 0 bridgehead atoms. The van der Waals surface area contributed by atoms with Crippen LogP contribution in [-0.4, -0.2) is 42.5 Å². The van der Waals surface area contributed by atoms with Crippen LogP contribution in [0.3, 0.4) is 0 Å². The van der Waals surface area contributed by atoms with Gasteiger partial charge in [0.2, 0.25) is 21.8 Å². The number of carbonyl (C=O) groups excluding carboxylic acids is 3. The predicted octanol–water partition coefficient (Wildman–Crippen LogP) is 3.83. The van der Waals surface area contributed by atoms with E-state index in [0.717, 1.165) is 42.7 Å². The van der Waals surface area contributed by atoms with Crippen LogP contribution in [-0.2, 0) is 24.4 Å². The molecule has 4 rings (SSSR count). The lowest BCUT2D eigenvalue weighted by Gasteiger charge is -2.33. The number of halogens is 1. The van der Waals surface area contributed by atoms with Crippen LogP contribution in [0.2, 0.25) is 0 Å². The van der Waals surface area contributed by atoms with Gasteiger partial charge < -0.3 is 5.32 Å². The van der Waals surface area contributed by atoms with E-state index in [1.54, 1.807) is 12.1 Å². The molecule has 8 nitrogen and oxygen atoms in total. The number of carbonyl (C=O) groups is 3.